The van der Waals surface area contributed by atoms with Crippen LogP contribution in [0.4, 0.5) is 0 Å². The van der Waals surface area contributed by atoms with Gasteiger partial charge in [0.2, 0.25) is 5.60 Å². The summed E-state index contributed by atoms with van der Waals surface area (Å²) < 4.78 is 4.93. The lowest BCUT2D eigenvalue weighted by atomic mass is 10.1. The van der Waals surface area contributed by atoms with Crippen LogP contribution in [-0.4, -0.2) is 28.1 Å². The van der Waals surface area contributed by atoms with Crippen molar-refractivity contribution in [1.82, 2.24) is 0 Å². The lowest BCUT2D eigenvalue weighted by molar-refractivity contribution is -1.18. The van der Waals surface area contributed by atoms with Gasteiger partial charge in [0.1, 0.15) is 0 Å². The molecule has 17 heavy (non-hydrogen) atoms. The zero-order valence-corrected chi connectivity index (χ0v) is 10.8. The van der Waals surface area contributed by atoms with Crippen molar-refractivity contribution in [2.45, 2.75) is 45.9 Å². The maximum Gasteiger partial charge on any atom is 0.307 e. The lowest BCUT2D eigenvalue weighted by Crippen LogP contribution is -2.75. The van der Waals surface area contributed by atoms with E-state index in [9.17, 15) is 9.59 Å². The third kappa shape index (κ3) is 3.93. The van der Waals surface area contributed by atoms with Gasteiger partial charge in [-0.2, -0.15) is 0 Å². The highest BCUT2D eigenvalue weighted by atomic mass is 16.8. The Morgan fingerprint density at radius 2 is 1.53 bits per heavy atom. The van der Waals surface area contributed by atoms with Gasteiger partial charge < -0.3 is 10.5 Å². The van der Waals surface area contributed by atoms with E-state index in [0.29, 0.717) is 0 Å². The number of ether oxygens (including phenoxy) is 1. The molecule has 0 aliphatic heterocycles. The standard InChI is InChI=1S/C9H20N4O4/c1-6(14)16-9(4,5)13(11,12)17-8(2,3)7(10)15/h11-12H2,1-5H3,(H-,10,15)/p+1. The topological polar surface area (TPSA) is 131 Å². The molecule has 0 aliphatic carbocycles. The average molecular weight is 249 g/mol. The molecule has 8 heteroatoms. The van der Waals surface area contributed by atoms with E-state index in [-0.39, 0.29) is 0 Å². The van der Waals surface area contributed by atoms with E-state index in [0.717, 1.165) is 0 Å². The molecule has 0 bridgehead atoms. The molecule has 0 saturated heterocycles. The number of amides is 1. The van der Waals surface area contributed by atoms with Gasteiger partial charge in [0.15, 0.2) is 0 Å². The van der Waals surface area contributed by atoms with Gasteiger partial charge in [-0.25, -0.2) is 0 Å². The molecule has 0 rings (SSSR count). The Balaban J connectivity index is 5.01. The Hall–Kier alpha value is -1.22. The van der Waals surface area contributed by atoms with E-state index in [1.807, 2.05) is 0 Å². The van der Waals surface area contributed by atoms with Gasteiger partial charge in [-0.05, 0) is 13.8 Å². The van der Waals surface area contributed by atoms with E-state index in [1.165, 1.54) is 34.6 Å². The summed E-state index contributed by atoms with van der Waals surface area (Å²) in [5.74, 6) is 10.0. The van der Waals surface area contributed by atoms with Crippen molar-refractivity contribution in [2.75, 3.05) is 0 Å². The number of rotatable bonds is 5. The molecular formula is C9H21N4O4+. The monoisotopic (exact) mass is 249 g/mol. The number of primary amides is 1. The number of carbonyl (C=O) groups excluding carboxylic acids is 2. The van der Waals surface area contributed by atoms with Crippen LogP contribution in [0.25, 0.3) is 0 Å². The minimum atomic E-state index is -1.40. The molecule has 8 nitrogen and oxygen atoms in total. The number of esters is 1. The van der Waals surface area contributed by atoms with E-state index < -0.39 is 28.1 Å². The van der Waals surface area contributed by atoms with Gasteiger partial charge >= 0.3 is 11.7 Å². The van der Waals surface area contributed by atoms with Crippen LogP contribution >= 0.6 is 0 Å². The Morgan fingerprint density at radius 1 is 1.12 bits per heavy atom. The van der Waals surface area contributed by atoms with Gasteiger partial charge in [0.25, 0.3) is 5.91 Å². The number of nitrogens with two attached hydrogens (primary N) is 3. The summed E-state index contributed by atoms with van der Waals surface area (Å²) in [5.41, 5.74) is 2.35. The van der Waals surface area contributed by atoms with Crippen molar-refractivity contribution in [1.29, 1.82) is 0 Å². The Kier molecular flexibility index (Phi) is 4.24. The highest BCUT2D eigenvalue weighted by molar-refractivity contribution is 5.82. The first-order valence-electron chi connectivity index (χ1n) is 4.98. The summed E-state index contributed by atoms with van der Waals surface area (Å²) >= 11 is 0. The number of hydrogen-bond acceptors (Lipinski definition) is 6. The molecule has 0 saturated carbocycles. The molecule has 0 unspecified atom stereocenters. The van der Waals surface area contributed by atoms with Gasteiger partial charge in [-0.1, -0.05) is 0 Å². The first-order valence-corrected chi connectivity index (χ1v) is 4.98. The summed E-state index contributed by atoms with van der Waals surface area (Å²) in [6.45, 7) is 6.93. The minimum Gasteiger partial charge on any atom is -0.404 e. The van der Waals surface area contributed by atoms with Crippen molar-refractivity contribution in [3.63, 3.8) is 0 Å². The molecule has 0 spiro atoms. The van der Waals surface area contributed by atoms with Gasteiger partial charge in [-0.3, -0.25) is 9.59 Å². The Morgan fingerprint density at radius 3 is 1.82 bits per heavy atom. The third-order valence-corrected chi connectivity index (χ3v) is 2.21. The molecule has 1 amide bonds. The summed E-state index contributed by atoms with van der Waals surface area (Å²) in [6, 6.07) is 0. The molecule has 6 N–H and O–H groups in total. The van der Waals surface area contributed by atoms with Crippen molar-refractivity contribution >= 4 is 11.9 Å². The number of carbonyl (C=O) groups is 2. The minimum absolute atomic E-state index is 0.575. The molecule has 0 aromatic heterocycles. The molecule has 0 radical (unpaired) electrons. The Labute approximate surface area is 100 Å². The van der Waals surface area contributed by atoms with Crippen LogP contribution in [0.3, 0.4) is 0 Å². The molecule has 100 valence electrons. The van der Waals surface area contributed by atoms with E-state index in [4.69, 9.17) is 27.0 Å². The highest BCUT2D eigenvalue weighted by Gasteiger charge is 2.50. The van der Waals surface area contributed by atoms with Crippen LogP contribution in [0, 0.1) is 0 Å². The summed E-state index contributed by atoms with van der Waals surface area (Å²) in [5, 5.41) is 0. The zero-order valence-electron chi connectivity index (χ0n) is 10.8. The SMILES string of the molecule is CC(=O)OC(C)(C)[N+](N)(N)OC(C)(C)C(N)=O. The fourth-order valence-corrected chi connectivity index (χ4v) is 0.956. The van der Waals surface area contributed by atoms with Crippen molar-refractivity contribution < 1.29 is 24.0 Å². The normalized spacial score (nSPS) is 13.4. The van der Waals surface area contributed by atoms with Gasteiger partial charge in [0.05, 0.1) is 0 Å². The van der Waals surface area contributed by atoms with Crippen molar-refractivity contribution in [3.8, 4) is 0 Å². The summed E-state index contributed by atoms with van der Waals surface area (Å²) in [4.78, 5) is 26.1. The fourth-order valence-electron chi connectivity index (χ4n) is 0.956. The number of nitrogens with zero attached hydrogens (tertiary/aromatic N) is 1. The highest BCUT2D eigenvalue weighted by Crippen LogP contribution is 2.23. The molecule has 0 aliphatic rings. The van der Waals surface area contributed by atoms with Crippen molar-refractivity contribution in [2.24, 2.45) is 17.4 Å². The maximum absolute atomic E-state index is 11.1. The van der Waals surface area contributed by atoms with E-state index in [2.05, 4.69) is 0 Å². The average Bonchev–Trinajstić information content (AvgIpc) is 1.97. The Bertz CT molecular complexity index is 325. The molecule has 0 heterocycles. The molecule has 0 aromatic carbocycles. The van der Waals surface area contributed by atoms with Crippen LogP contribution < -0.4 is 17.4 Å². The zero-order chi connectivity index (χ0) is 14.1. The van der Waals surface area contributed by atoms with E-state index in [1.54, 1.807) is 0 Å². The second-order valence-corrected chi connectivity index (χ2v) is 4.72. The largest absolute Gasteiger partial charge is 0.404 e. The third-order valence-electron chi connectivity index (χ3n) is 2.21. The van der Waals surface area contributed by atoms with Gasteiger partial charge in [-0.15, -0.1) is 16.5 Å². The van der Waals surface area contributed by atoms with Crippen LogP contribution in [0.2, 0.25) is 0 Å². The smallest absolute Gasteiger partial charge is 0.307 e. The molecule has 0 fully saturated rings. The predicted octanol–water partition coefficient (Wildman–Crippen LogP) is -0.955. The second-order valence-electron chi connectivity index (χ2n) is 4.72. The number of quaternary nitrogens is 1. The van der Waals surface area contributed by atoms with Crippen molar-refractivity contribution in [3.05, 3.63) is 0 Å². The molecule has 0 atom stereocenters. The summed E-state index contributed by atoms with van der Waals surface area (Å²) in [7, 11) is 0. The second kappa shape index (κ2) is 4.57. The van der Waals surface area contributed by atoms with E-state index >= 15 is 0 Å². The summed E-state index contributed by atoms with van der Waals surface area (Å²) in [6.07, 6.45) is 0. The van der Waals surface area contributed by atoms with Gasteiger partial charge in [0, 0.05) is 25.6 Å². The quantitative estimate of drug-likeness (QED) is 0.189. The van der Waals surface area contributed by atoms with Crippen LogP contribution in [0.1, 0.15) is 34.6 Å². The fraction of sp³-hybridized carbons (Fsp3) is 0.778. The van der Waals surface area contributed by atoms with Crippen LogP contribution in [0.15, 0.2) is 0 Å². The lowest BCUT2D eigenvalue weighted by Gasteiger charge is -2.39. The predicted molar refractivity (Wildman–Crippen MR) is 58.8 cm³/mol. The number of hydroxylamine groups is 1. The first kappa shape index (κ1) is 15.8. The molecular weight excluding hydrogens is 228 g/mol. The number of hydrogen-bond donors (Lipinski definition) is 3. The van der Waals surface area contributed by atoms with Crippen LogP contribution in [0.5, 0.6) is 0 Å². The van der Waals surface area contributed by atoms with Crippen LogP contribution in [-0.2, 0) is 19.2 Å². The molecule has 0 aromatic rings. The first-order chi connectivity index (χ1) is 7.32. The maximum atomic E-state index is 11.1.